The van der Waals surface area contributed by atoms with Gasteiger partial charge in [0.2, 0.25) is 0 Å². The van der Waals surface area contributed by atoms with E-state index >= 15 is 0 Å². The molecule has 0 aromatic heterocycles. The molecule has 2 rings (SSSR count). The first-order chi connectivity index (χ1) is 12.3. The number of hydrogen-bond acceptors (Lipinski definition) is 2. The zero-order valence-electron chi connectivity index (χ0n) is 16.8. The smallest absolute Gasteiger partial charge is 0.131 e. The summed E-state index contributed by atoms with van der Waals surface area (Å²) in [6.07, 6.45) is 0. The Hall–Kier alpha value is -1.26. The van der Waals surface area contributed by atoms with E-state index in [1.165, 1.54) is 6.07 Å². The van der Waals surface area contributed by atoms with E-state index in [4.69, 9.17) is 4.74 Å². The summed E-state index contributed by atoms with van der Waals surface area (Å²) in [6, 6.07) is 15.1. The molecule has 0 saturated carbocycles. The van der Waals surface area contributed by atoms with Crippen LogP contribution in [0.1, 0.15) is 47.1 Å². The van der Waals surface area contributed by atoms with Crippen LogP contribution in [-0.2, 0) is 6.61 Å². The van der Waals surface area contributed by atoms with Crippen molar-refractivity contribution in [2.75, 3.05) is 0 Å². The molecule has 1 nitrogen and oxygen atoms in total. The Bertz CT molecular complexity index is 679. The van der Waals surface area contributed by atoms with Crippen molar-refractivity contribution in [3.63, 3.8) is 0 Å². The van der Waals surface area contributed by atoms with Gasteiger partial charge in [-0.1, -0.05) is 71.9 Å². The molecular weight excluding hydrogens is 359 g/mol. The minimum absolute atomic E-state index is 0.225. The van der Waals surface area contributed by atoms with Crippen LogP contribution in [0.25, 0.3) is 0 Å². The van der Waals surface area contributed by atoms with E-state index in [1.54, 1.807) is 6.07 Å². The van der Waals surface area contributed by atoms with Gasteiger partial charge in [0.1, 0.15) is 25.4 Å². The molecule has 0 atom stereocenters. The summed E-state index contributed by atoms with van der Waals surface area (Å²) in [5.74, 6) is 0.382. The van der Waals surface area contributed by atoms with Crippen LogP contribution in [0.2, 0.25) is 16.6 Å². The van der Waals surface area contributed by atoms with E-state index < -0.39 is 7.22 Å². The lowest BCUT2D eigenvalue weighted by Gasteiger charge is -2.42. The fourth-order valence-electron chi connectivity index (χ4n) is 3.98. The summed E-state index contributed by atoms with van der Waals surface area (Å²) in [5.41, 5.74) is 2.93. The first-order valence-electron chi connectivity index (χ1n) is 9.42. The van der Waals surface area contributed by atoms with Gasteiger partial charge in [-0.25, -0.2) is 4.39 Å². The predicted octanol–water partition coefficient (Wildman–Crippen LogP) is 7.67. The first-order valence-corrected chi connectivity index (χ1v) is 13.2. The van der Waals surface area contributed by atoms with Crippen molar-refractivity contribution in [3.05, 3.63) is 59.9 Å². The summed E-state index contributed by atoms with van der Waals surface area (Å²) < 4.78 is 20.1. The van der Waals surface area contributed by atoms with Crippen molar-refractivity contribution < 1.29 is 9.13 Å². The molecule has 0 amide bonds. The number of benzene rings is 2. The van der Waals surface area contributed by atoms with Crippen LogP contribution in [-0.4, -0.2) is 7.22 Å². The monoisotopic (exact) mass is 390 g/mol. The summed E-state index contributed by atoms with van der Waals surface area (Å²) >= 11 is 1.93. The van der Waals surface area contributed by atoms with Gasteiger partial charge in [-0.3, -0.25) is 0 Å². The number of rotatable bonds is 8. The van der Waals surface area contributed by atoms with Crippen LogP contribution in [0, 0.1) is 5.82 Å². The summed E-state index contributed by atoms with van der Waals surface area (Å²) in [7, 11) is -1.71. The molecule has 2 aromatic carbocycles. The van der Waals surface area contributed by atoms with Crippen molar-refractivity contribution in [3.8, 4) is 5.75 Å². The van der Waals surface area contributed by atoms with Gasteiger partial charge >= 0.3 is 0 Å². The zero-order valence-corrected chi connectivity index (χ0v) is 18.6. The first kappa shape index (κ1) is 21.0. The molecule has 142 valence electrons. The van der Waals surface area contributed by atoms with Crippen LogP contribution in [0.4, 0.5) is 4.39 Å². The minimum Gasteiger partial charge on any atom is -0.489 e. The summed E-state index contributed by atoms with van der Waals surface area (Å²) in [4.78, 5) is 0.996. The van der Waals surface area contributed by atoms with E-state index in [0.29, 0.717) is 29.0 Å². The third-order valence-electron chi connectivity index (χ3n) is 5.09. The van der Waals surface area contributed by atoms with Gasteiger partial charge < -0.3 is 4.74 Å². The standard InChI is InChI=1S/C22H31FOSSi/c1-16(2)26(17(3)4,18(5)6)25-22-13-20(23)12-21(14-22)24-15-19-10-8-7-9-11-19/h7-14,16-18H,15H2,1-6H3. The Morgan fingerprint density at radius 3 is 2.00 bits per heavy atom. The second-order valence-electron chi connectivity index (χ2n) is 7.82. The van der Waals surface area contributed by atoms with Crippen molar-refractivity contribution in [1.29, 1.82) is 0 Å². The van der Waals surface area contributed by atoms with Crippen LogP contribution in [0.15, 0.2) is 53.4 Å². The Balaban J connectivity index is 2.25. The highest BCUT2D eigenvalue weighted by atomic mass is 32.4. The molecule has 0 aliphatic heterocycles. The predicted molar refractivity (Wildman–Crippen MR) is 114 cm³/mol. The molecular formula is C22H31FOSSi. The van der Waals surface area contributed by atoms with Gasteiger partial charge in [0.05, 0.1) is 0 Å². The second kappa shape index (κ2) is 9.09. The maximum atomic E-state index is 14.3. The largest absolute Gasteiger partial charge is 0.489 e. The summed E-state index contributed by atoms with van der Waals surface area (Å²) in [6.45, 7) is 14.4. The zero-order chi connectivity index (χ0) is 19.3. The molecule has 0 N–H and O–H groups in total. The lowest BCUT2D eigenvalue weighted by molar-refractivity contribution is 0.304. The average Bonchev–Trinajstić information content (AvgIpc) is 2.57. The van der Waals surface area contributed by atoms with Crippen LogP contribution < -0.4 is 4.74 Å². The molecule has 0 unspecified atom stereocenters. The van der Waals surface area contributed by atoms with Gasteiger partial charge in [0.25, 0.3) is 0 Å². The minimum atomic E-state index is -1.71. The number of halogens is 1. The second-order valence-corrected chi connectivity index (χ2v) is 16.4. The average molecular weight is 391 g/mol. The van der Waals surface area contributed by atoms with E-state index in [2.05, 4.69) is 41.5 Å². The normalized spacial score (nSPS) is 12.2. The lowest BCUT2D eigenvalue weighted by Crippen LogP contribution is -2.40. The number of ether oxygens (including phenoxy) is 1. The Labute approximate surface area is 163 Å². The van der Waals surface area contributed by atoms with Crippen LogP contribution in [0.5, 0.6) is 5.75 Å². The number of hydrogen-bond donors (Lipinski definition) is 0. The molecule has 0 aliphatic rings. The highest BCUT2D eigenvalue weighted by molar-refractivity contribution is 8.29. The fraction of sp³-hybridized carbons (Fsp3) is 0.455. The van der Waals surface area contributed by atoms with Gasteiger partial charge in [-0.15, -0.1) is 11.2 Å². The molecule has 0 fully saturated rings. The molecule has 0 aliphatic carbocycles. The van der Waals surface area contributed by atoms with Gasteiger partial charge in [-0.05, 0) is 34.3 Å². The lowest BCUT2D eigenvalue weighted by atomic mass is 10.2. The molecule has 0 saturated heterocycles. The van der Waals surface area contributed by atoms with Crippen molar-refractivity contribution in [1.82, 2.24) is 0 Å². The van der Waals surface area contributed by atoms with Crippen molar-refractivity contribution >= 4 is 18.4 Å². The Morgan fingerprint density at radius 2 is 1.46 bits per heavy atom. The van der Waals surface area contributed by atoms with E-state index in [0.717, 1.165) is 10.5 Å². The van der Waals surface area contributed by atoms with Gasteiger partial charge in [-0.2, -0.15) is 0 Å². The fourth-order valence-corrected chi connectivity index (χ4v) is 13.1. The maximum absolute atomic E-state index is 14.3. The van der Waals surface area contributed by atoms with E-state index in [-0.39, 0.29) is 5.82 Å². The van der Waals surface area contributed by atoms with Crippen molar-refractivity contribution in [2.24, 2.45) is 0 Å². The molecule has 0 spiro atoms. The molecule has 0 radical (unpaired) electrons. The van der Waals surface area contributed by atoms with E-state index in [1.807, 2.05) is 47.6 Å². The molecule has 0 heterocycles. The SMILES string of the molecule is CC(C)[Si](Sc1cc(F)cc(OCc2ccccc2)c1)(C(C)C)C(C)C. The topological polar surface area (TPSA) is 9.23 Å². The molecule has 4 heteroatoms. The maximum Gasteiger partial charge on any atom is 0.131 e. The van der Waals surface area contributed by atoms with Gasteiger partial charge in [0.15, 0.2) is 0 Å². The molecule has 26 heavy (non-hydrogen) atoms. The highest BCUT2D eigenvalue weighted by Gasteiger charge is 2.44. The summed E-state index contributed by atoms with van der Waals surface area (Å²) in [5, 5.41) is 0. The van der Waals surface area contributed by atoms with Crippen LogP contribution in [0.3, 0.4) is 0 Å². The molecule has 0 bridgehead atoms. The van der Waals surface area contributed by atoms with E-state index in [9.17, 15) is 4.39 Å². The van der Waals surface area contributed by atoms with Crippen molar-refractivity contribution in [2.45, 2.75) is 69.7 Å². The molecule has 2 aromatic rings. The third kappa shape index (κ3) is 4.92. The quantitative estimate of drug-likeness (QED) is 0.428. The highest BCUT2D eigenvalue weighted by Crippen LogP contribution is 2.52. The Kier molecular flexibility index (Phi) is 7.36. The Morgan fingerprint density at radius 1 is 0.885 bits per heavy atom. The van der Waals surface area contributed by atoms with Gasteiger partial charge in [0, 0.05) is 11.0 Å². The third-order valence-corrected chi connectivity index (χ3v) is 17.3. The van der Waals surface area contributed by atoms with Crippen LogP contribution >= 0.6 is 11.2 Å².